The van der Waals surface area contributed by atoms with Gasteiger partial charge in [0.1, 0.15) is 5.78 Å². The zero-order chi connectivity index (χ0) is 11.1. The van der Waals surface area contributed by atoms with Gasteiger partial charge in [-0.1, -0.05) is 11.6 Å². The molecule has 0 radical (unpaired) electrons. The van der Waals surface area contributed by atoms with Crippen molar-refractivity contribution in [3.05, 3.63) is 29.0 Å². The van der Waals surface area contributed by atoms with Crippen molar-refractivity contribution in [1.29, 1.82) is 0 Å². The number of rotatable bonds is 6. The molecule has 0 saturated heterocycles. The minimum Gasteiger partial charge on any atom is -0.320 e. The van der Waals surface area contributed by atoms with Crippen LogP contribution in [-0.4, -0.2) is 24.4 Å². The first-order chi connectivity index (χ1) is 7.24. The molecule has 0 aromatic carbocycles. The Bertz CT molecular complexity index is 328. The number of nitrogens with zero attached hydrogens (tertiary/aromatic N) is 1. The van der Waals surface area contributed by atoms with Gasteiger partial charge in [-0.2, -0.15) is 0 Å². The van der Waals surface area contributed by atoms with Gasteiger partial charge in [-0.05, 0) is 31.6 Å². The number of nitrogens with one attached hydrogen (secondary N) is 1. The quantitative estimate of drug-likeness (QED) is 0.753. The van der Waals surface area contributed by atoms with E-state index in [1.807, 2.05) is 7.05 Å². The van der Waals surface area contributed by atoms with Gasteiger partial charge in [-0.25, -0.2) is 0 Å². The second-order valence-corrected chi connectivity index (χ2v) is 3.80. The predicted molar refractivity (Wildman–Crippen MR) is 61.1 cm³/mol. The van der Waals surface area contributed by atoms with E-state index in [-0.39, 0.29) is 5.78 Å². The third-order valence-corrected chi connectivity index (χ3v) is 2.47. The summed E-state index contributed by atoms with van der Waals surface area (Å²) in [6.45, 7) is 0.871. The molecule has 0 unspecified atom stereocenters. The molecule has 82 valence electrons. The van der Waals surface area contributed by atoms with Gasteiger partial charge in [0, 0.05) is 25.2 Å². The summed E-state index contributed by atoms with van der Waals surface area (Å²) in [5.74, 6) is 0.221. The van der Waals surface area contributed by atoms with E-state index in [1.54, 1.807) is 18.5 Å². The molecule has 0 aliphatic heterocycles. The van der Waals surface area contributed by atoms with E-state index in [0.717, 1.165) is 18.5 Å². The summed E-state index contributed by atoms with van der Waals surface area (Å²) in [6, 6.07) is 1.79. The number of halogens is 1. The van der Waals surface area contributed by atoms with Crippen LogP contribution in [0.5, 0.6) is 0 Å². The summed E-state index contributed by atoms with van der Waals surface area (Å²) in [5.41, 5.74) is 0.862. The molecule has 3 nitrogen and oxygen atoms in total. The fourth-order valence-corrected chi connectivity index (χ4v) is 1.50. The number of carbonyl (C=O) groups excluding carboxylic acids is 1. The molecule has 15 heavy (non-hydrogen) atoms. The van der Waals surface area contributed by atoms with Gasteiger partial charge in [-0.3, -0.25) is 9.78 Å². The van der Waals surface area contributed by atoms with Gasteiger partial charge in [0.25, 0.3) is 0 Å². The lowest BCUT2D eigenvalue weighted by Gasteiger charge is -2.02. The Kier molecular flexibility index (Phi) is 5.29. The average molecular weight is 227 g/mol. The van der Waals surface area contributed by atoms with Crippen molar-refractivity contribution in [1.82, 2.24) is 10.3 Å². The van der Waals surface area contributed by atoms with E-state index >= 15 is 0 Å². The van der Waals surface area contributed by atoms with Crippen LogP contribution in [0.25, 0.3) is 0 Å². The fraction of sp³-hybridized carbons (Fsp3) is 0.455. The van der Waals surface area contributed by atoms with Gasteiger partial charge in [0.15, 0.2) is 0 Å². The Morgan fingerprint density at radius 1 is 1.60 bits per heavy atom. The van der Waals surface area contributed by atoms with Gasteiger partial charge < -0.3 is 5.32 Å². The van der Waals surface area contributed by atoms with Gasteiger partial charge >= 0.3 is 0 Å². The van der Waals surface area contributed by atoms with E-state index in [4.69, 9.17) is 11.6 Å². The summed E-state index contributed by atoms with van der Waals surface area (Å²) < 4.78 is 0. The Hall–Kier alpha value is -0.930. The van der Waals surface area contributed by atoms with Gasteiger partial charge in [-0.15, -0.1) is 0 Å². The molecule has 1 N–H and O–H groups in total. The van der Waals surface area contributed by atoms with Crippen LogP contribution in [-0.2, 0) is 11.2 Å². The van der Waals surface area contributed by atoms with Crippen LogP contribution < -0.4 is 5.32 Å². The van der Waals surface area contributed by atoms with E-state index in [1.165, 1.54) is 0 Å². The summed E-state index contributed by atoms with van der Waals surface area (Å²) in [7, 11) is 1.88. The maximum Gasteiger partial charge on any atom is 0.137 e. The number of Topliss-reactive ketones (excluding diaryl/α,β-unsaturated/α-hetero) is 1. The number of pyridine rings is 1. The largest absolute Gasteiger partial charge is 0.320 e. The second-order valence-electron chi connectivity index (χ2n) is 3.39. The zero-order valence-electron chi connectivity index (χ0n) is 8.79. The first-order valence-corrected chi connectivity index (χ1v) is 5.36. The maximum atomic E-state index is 11.5. The molecule has 0 saturated carbocycles. The molecule has 1 heterocycles. The zero-order valence-corrected chi connectivity index (χ0v) is 9.55. The predicted octanol–water partition coefficient (Wildman–Crippen LogP) is 1.85. The third kappa shape index (κ3) is 4.40. The molecule has 0 aliphatic carbocycles. The molecule has 0 amide bonds. The number of hydrogen-bond donors (Lipinski definition) is 1. The highest BCUT2D eigenvalue weighted by atomic mass is 35.5. The third-order valence-electron chi connectivity index (χ3n) is 2.13. The van der Waals surface area contributed by atoms with Crippen molar-refractivity contribution in [2.45, 2.75) is 19.3 Å². The van der Waals surface area contributed by atoms with Gasteiger partial charge in [0.05, 0.1) is 5.02 Å². The lowest BCUT2D eigenvalue weighted by molar-refractivity contribution is -0.118. The molecule has 1 aromatic heterocycles. The highest BCUT2D eigenvalue weighted by Crippen LogP contribution is 2.14. The summed E-state index contributed by atoms with van der Waals surface area (Å²) >= 11 is 5.90. The van der Waals surface area contributed by atoms with Crippen LogP contribution in [0.2, 0.25) is 5.02 Å². The molecule has 0 atom stereocenters. The topological polar surface area (TPSA) is 42.0 Å². The van der Waals surface area contributed by atoms with Crippen molar-refractivity contribution in [3.63, 3.8) is 0 Å². The van der Waals surface area contributed by atoms with Crippen LogP contribution in [0.4, 0.5) is 0 Å². The van der Waals surface area contributed by atoms with E-state index in [9.17, 15) is 4.79 Å². The van der Waals surface area contributed by atoms with Crippen LogP contribution in [0.15, 0.2) is 18.5 Å². The van der Waals surface area contributed by atoms with Crippen LogP contribution in [0.3, 0.4) is 0 Å². The normalized spacial score (nSPS) is 10.3. The minimum atomic E-state index is 0.221. The monoisotopic (exact) mass is 226 g/mol. The Balaban J connectivity index is 2.41. The molecule has 1 rings (SSSR count). The van der Waals surface area contributed by atoms with E-state index in [2.05, 4.69) is 10.3 Å². The number of carbonyl (C=O) groups is 1. The van der Waals surface area contributed by atoms with Crippen LogP contribution >= 0.6 is 11.6 Å². The minimum absolute atomic E-state index is 0.221. The fourth-order valence-electron chi connectivity index (χ4n) is 1.31. The highest BCUT2D eigenvalue weighted by molar-refractivity contribution is 6.31. The highest BCUT2D eigenvalue weighted by Gasteiger charge is 2.06. The molecule has 0 bridgehead atoms. The number of ketones is 1. The van der Waals surface area contributed by atoms with Crippen LogP contribution in [0, 0.1) is 0 Å². The summed E-state index contributed by atoms with van der Waals surface area (Å²) in [4.78, 5) is 15.4. The lowest BCUT2D eigenvalue weighted by atomic mass is 10.1. The lowest BCUT2D eigenvalue weighted by Crippen LogP contribution is -2.11. The van der Waals surface area contributed by atoms with Crippen LogP contribution in [0.1, 0.15) is 18.4 Å². The van der Waals surface area contributed by atoms with Crippen molar-refractivity contribution >= 4 is 17.4 Å². The van der Waals surface area contributed by atoms with Crippen molar-refractivity contribution < 1.29 is 4.79 Å². The Morgan fingerprint density at radius 3 is 3.07 bits per heavy atom. The van der Waals surface area contributed by atoms with Crippen molar-refractivity contribution in [2.24, 2.45) is 0 Å². The smallest absolute Gasteiger partial charge is 0.137 e. The first-order valence-electron chi connectivity index (χ1n) is 4.98. The first kappa shape index (κ1) is 12.1. The maximum absolute atomic E-state index is 11.5. The van der Waals surface area contributed by atoms with Crippen molar-refractivity contribution in [2.75, 3.05) is 13.6 Å². The molecule has 0 spiro atoms. The molecular formula is C11H15ClN2O. The van der Waals surface area contributed by atoms with Crippen molar-refractivity contribution in [3.8, 4) is 0 Å². The van der Waals surface area contributed by atoms with E-state index < -0.39 is 0 Å². The molecule has 4 heteroatoms. The SMILES string of the molecule is CNCCCC(=O)Cc1ccncc1Cl. The molecule has 0 fully saturated rings. The number of hydrogen-bond acceptors (Lipinski definition) is 3. The standard InChI is InChI=1S/C11H15ClN2O/c1-13-5-2-3-10(15)7-9-4-6-14-8-11(9)12/h4,6,8,13H,2-3,5,7H2,1H3. The molecule has 0 aliphatic rings. The molecule has 1 aromatic rings. The summed E-state index contributed by atoms with van der Waals surface area (Å²) in [5, 5.41) is 3.58. The Labute approximate surface area is 94.9 Å². The average Bonchev–Trinajstić information content (AvgIpc) is 2.22. The van der Waals surface area contributed by atoms with E-state index in [0.29, 0.717) is 17.9 Å². The summed E-state index contributed by atoms with van der Waals surface area (Å²) in [6.07, 6.45) is 5.10. The molecular weight excluding hydrogens is 212 g/mol. The second kappa shape index (κ2) is 6.53. The van der Waals surface area contributed by atoms with Gasteiger partial charge in [0.2, 0.25) is 0 Å². The number of aromatic nitrogens is 1. The Morgan fingerprint density at radius 2 is 2.40 bits per heavy atom.